The van der Waals surface area contributed by atoms with E-state index in [0.29, 0.717) is 0 Å². The summed E-state index contributed by atoms with van der Waals surface area (Å²) in [5.74, 6) is 0.0448. The van der Waals surface area contributed by atoms with Crippen molar-refractivity contribution >= 4 is 10.9 Å². The van der Waals surface area contributed by atoms with Gasteiger partial charge in [0, 0.05) is 24.2 Å². The first kappa shape index (κ1) is 9.19. The molecule has 1 aromatic carbocycles. The van der Waals surface area contributed by atoms with Gasteiger partial charge in [-0.3, -0.25) is 4.68 Å². The Balaban J connectivity index is 2.82. The van der Waals surface area contributed by atoms with Crippen molar-refractivity contribution in [3.05, 3.63) is 29.7 Å². The Labute approximate surface area is 82.3 Å². The zero-order valence-corrected chi connectivity index (χ0v) is 8.58. The van der Waals surface area contributed by atoms with Gasteiger partial charge >= 0.3 is 0 Å². The Morgan fingerprint density at radius 3 is 2.71 bits per heavy atom. The molecule has 3 heteroatoms. The van der Waals surface area contributed by atoms with E-state index < -0.39 is 0 Å². The maximum Gasteiger partial charge on any atom is 0.127 e. The van der Waals surface area contributed by atoms with Gasteiger partial charge in [-0.05, 0) is 18.1 Å². The number of fused-ring (bicyclic) bond motifs is 1. The average Bonchev–Trinajstić information content (AvgIpc) is 2.43. The lowest BCUT2D eigenvalue weighted by molar-refractivity contribution is 0.602. The second-order valence-corrected chi connectivity index (χ2v) is 3.85. The van der Waals surface area contributed by atoms with E-state index in [2.05, 4.69) is 5.10 Å². The number of halogens is 1. The summed E-state index contributed by atoms with van der Waals surface area (Å²) in [4.78, 5) is 0. The van der Waals surface area contributed by atoms with E-state index in [1.807, 2.05) is 27.1 Å². The van der Waals surface area contributed by atoms with Crippen molar-refractivity contribution in [3.63, 3.8) is 0 Å². The fourth-order valence-corrected chi connectivity index (χ4v) is 1.79. The summed E-state index contributed by atoms with van der Waals surface area (Å²) in [6.45, 7) is 3.98. The molecule has 0 unspecified atom stereocenters. The van der Waals surface area contributed by atoms with Crippen LogP contribution in [0.25, 0.3) is 10.9 Å². The van der Waals surface area contributed by atoms with Crippen molar-refractivity contribution in [1.29, 1.82) is 0 Å². The fourth-order valence-electron chi connectivity index (χ4n) is 1.79. The van der Waals surface area contributed by atoms with Gasteiger partial charge in [-0.15, -0.1) is 0 Å². The number of aryl methyl sites for hydroxylation is 1. The smallest absolute Gasteiger partial charge is 0.127 e. The van der Waals surface area contributed by atoms with Crippen LogP contribution in [0.5, 0.6) is 0 Å². The van der Waals surface area contributed by atoms with Gasteiger partial charge < -0.3 is 0 Å². The molecule has 0 spiro atoms. The lowest BCUT2D eigenvalue weighted by atomic mass is 9.99. The number of hydrogen-bond donors (Lipinski definition) is 0. The first-order valence-corrected chi connectivity index (χ1v) is 4.71. The van der Waals surface area contributed by atoms with Crippen molar-refractivity contribution in [2.75, 3.05) is 0 Å². The molecule has 0 bridgehead atoms. The highest BCUT2D eigenvalue weighted by molar-refractivity contribution is 5.82. The topological polar surface area (TPSA) is 17.8 Å². The number of benzene rings is 1. The summed E-state index contributed by atoms with van der Waals surface area (Å²) in [6, 6.07) is 3.21. The average molecular weight is 192 g/mol. The number of nitrogens with zero attached hydrogens (tertiary/aromatic N) is 2. The summed E-state index contributed by atoms with van der Waals surface area (Å²) in [6.07, 6.45) is 1.87. The zero-order valence-electron chi connectivity index (χ0n) is 8.58. The van der Waals surface area contributed by atoms with Crippen molar-refractivity contribution in [2.45, 2.75) is 19.8 Å². The molecule has 74 valence electrons. The Morgan fingerprint density at radius 2 is 2.07 bits per heavy atom. The van der Waals surface area contributed by atoms with Crippen LogP contribution in [0, 0.1) is 5.82 Å². The highest BCUT2D eigenvalue weighted by atomic mass is 19.1. The second-order valence-electron chi connectivity index (χ2n) is 3.85. The molecule has 2 rings (SSSR count). The first-order chi connectivity index (χ1) is 6.59. The van der Waals surface area contributed by atoms with Crippen LogP contribution in [0.15, 0.2) is 18.3 Å². The van der Waals surface area contributed by atoms with Crippen LogP contribution in [0.4, 0.5) is 4.39 Å². The Morgan fingerprint density at radius 1 is 1.36 bits per heavy atom. The minimum atomic E-state index is -0.138. The predicted octanol–water partition coefficient (Wildman–Crippen LogP) is 2.84. The molecule has 1 heterocycles. The predicted molar refractivity (Wildman–Crippen MR) is 54.8 cm³/mol. The van der Waals surface area contributed by atoms with Crippen molar-refractivity contribution in [1.82, 2.24) is 9.78 Å². The van der Waals surface area contributed by atoms with Gasteiger partial charge in [-0.2, -0.15) is 5.10 Å². The maximum atomic E-state index is 13.5. The van der Waals surface area contributed by atoms with E-state index in [9.17, 15) is 4.39 Å². The SMILES string of the molecule is CC(C)c1c(F)ccc2nn(C)cc12. The minimum absolute atomic E-state index is 0.138. The summed E-state index contributed by atoms with van der Waals surface area (Å²) in [5, 5.41) is 5.17. The number of hydrogen-bond acceptors (Lipinski definition) is 1. The Kier molecular flexibility index (Phi) is 2.02. The number of aromatic nitrogens is 2. The number of rotatable bonds is 1. The van der Waals surface area contributed by atoms with Gasteiger partial charge in [0.15, 0.2) is 0 Å². The van der Waals surface area contributed by atoms with Crippen LogP contribution in [-0.2, 0) is 7.05 Å². The zero-order chi connectivity index (χ0) is 10.3. The molecule has 0 atom stereocenters. The summed E-state index contributed by atoms with van der Waals surface area (Å²) < 4.78 is 15.3. The Bertz CT molecular complexity index is 471. The monoisotopic (exact) mass is 192 g/mol. The molecule has 0 fully saturated rings. The fraction of sp³-hybridized carbons (Fsp3) is 0.364. The maximum absolute atomic E-state index is 13.5. The molecule has 0 N–H and O–H groups in total. The quantitative estimate of drug-likeness (QED) is 0.679. The van der Waals surface area contributed by atoms with E-state index in [1.54, 1.807) is 10.7 Å². The molecule has 0 aliphatic carbocycles. The molecule has 14 heavy (non-hydrogen) atoms. The lowest BCUT2D eigenvalue weighted by Crippen LogP contribution is -1.93. The highest BCUT2D eigenvalue weighted by Crippen LogP contribution is 2.27. The van der Waals surface area contributed by atoms with Crippen LogP contribution < -0.4 is 0 Å². The second kappa shape index (κ2) is 3.08. The lowest BCUT2D eigenvalue weighted by Gasteiger charge is -2.07. The van der Waals surface area contributed by atoms with Gasteiger partial charge in [0.25, 0.3) is 0 Å². The van der Waals surface area contributed by atoms with Crippen molar-refractivity contribution in [2.24, 2.45) is 7.05 Å². The van der Waals surface area contributed by atoms with E-state index in [4.69, 9.17) is 0 Å². The molecule has 0 radical (unpaired) electrons. The molecular weight excluding hydrogens is 179 g/mol. The molecule has 2 aromatic rings. The van der Waals surface area contributed by atoms with Gasteiger partial charge in [0.2, 0.25) is 0 Å². The van der Waals surface area contributed by atoms with E-state index in [-0.39, 0.29) is 11.7 Å². The largest absolute Gasteiger partial charge is 0.275 e. The van der Waals surface area contributed by atoms with Crippen LogP contribution >= 0.6 is 0 Å². The van der Waals surface area contributed by atoms with Gasteiger partial charge in [0.1, 0.15) is 5.82 Å². The van der Waals surface area contributed by atoms with E-state index in [1.165, 1.54) is 6.07 Å². The Hall–Kier alpha value is -1.38. The van der Waals surface area contributed by atoms with Gasteiger partial charge in [-0.1, -0.05) is 13.8 Å². The van der Waals surface area contributed by atoms with Crippen LogP contribution in [0.1, 0.15) is 25.3 Å². The summed E-state index contributed by atoms with van der Waals surface area (Å²) in [5.41, 5.74) is 1.62. The first-order valence-electron chi connectivity index (χ1n) is 4.71. The normalized spacial score (nSPS) is 11.5. The van der Waals surface area contributed by atoms with Crippen molar-refractivity contribution < 1.29 is 4.39 Å². The van der Waals surface area contributed by atoms with Gasteiger partial charge in [-0.25, -0.2) is 4.39 Å². The molecule has 0 aliphatic heterocycles. The third-order valence-corrected chi connectivity index (χ3v) is 2.37. The van der Waals surface area contributed by atoms with Crippen LogP contribution in [-0.4, -0.2) is 9.78 Å². The molecule has 0 aliphatic rings. The van der Waals surface area contributed by atoms with E-state index >= 15 is 0 Å². The van der Waals surface area contributed by atoms with E-state index in [0.717, 1.165) is 16.5 Å². The molecule has 0 saturated heterocycles. The molecular formula is C11H13FN2. The highest BCUT2D eigenvalue weighted by Gasteiger charge is 2.12. The van der Waals surface area contributed by atoms with Crippen molar-refractivity contribution in [3.8, 4) is 0 Å². The molecule has 2 nitrogen and oxygen atoms in total. The third-order valence-electron chi connectivity index (χ3n) is 2.37. The van der Waals surface area contributed by atoms with Crippen LogP contribution in [0.3, 0.4) is 0 Å². The minimum Gasteiger partial charge on any atom is -0.275 e. The summed E-state index contributed by atoms with van der Waals surface area (Å²) >= 11 is 0. The molecule has 1 aromatic heterocycles. The van der Waals surface area contributed by atoms with Crippen LogP contribution in [0.2, 0.25) is 0 Å². The molecule has 0 amide bonds. The third kappa shape index (κ3) is 1.29. The van der Waals surface area contributed by atoms with Gasteiger partial charge in [0.05, 0.1) is 5.52 Å². The molecule has 0 saturated carbocycles. The summed E-state index contributed by atoms with van der Waals surface area (Å²) in [7, 11) is 1.85. The standard InChI is InChI=1S/C11H13FN2/c1-7(2)11-8-6-14(3)13-10(8)5-4-9(11)12/h4-7H,1-3H3.